The number of carbonyl (C=O) groups is 1. The molecule has 2 aromatic rings. The number of aromatic nitrogens is 2. The maximum atomic E-state index is 11.6. The Bertz CT molecular complexity index is 538. The zero-order chi connectivity index (χ0) is 12.3. The van der Waals surface area contributed by atoms with Gasteiger partial charge in [-0.25, -0.2) is 9.78 Å². The van der Waals surface area contributed by atoms with Gasteiger partial charge >= 0.3 is 5.97 Å². The Morgan fingerprint density at radius 1 is 1.59 bits per heavy atom. The van der Waals surface area contributed by atoms with E-state index in [4.69, 9.17) is 9.16 Å². The van der Waals surface area contributed by atoms with Crippen molar-refractivity contribution in [2.75, 3.05) is 6.61 Å². The monoisotopic (exact) mass is 250 g/mol. The summed E-state index contributed by atoms with van der Waals surface area (Å²) < 4.78 is 11.9. The summed E-state index contributed by atoms with van der Waals surface area (Å²) in [4.78, 5) is 15.8. The summed E-state index contributed by atoms with van der Waals surface area (Å²) in [6, 6.07) is 3.84. The van der Waals surface area contributed by atoms with E-state index in [1.165, 1.54) is 0 Å². The van der Waals surface area contributed by atoms with Crippen molar-refractivity contribution in [3.63, 3.8) is 0 Å². The fraction of sp³-hybridized carbons (Fsp3) is 0.273. The molecule has 2 aromatic heterocycles. The number of esters is 1. The summed E-state index contributed by atoms with van der Waals surface area (Å²) >= 11 is 0. The molecular weight excluding hydrogens is 236 g/mol. The first-order chi connectivity index (χ1) is 8.26. The Kier molecular flexibility index (Phi) is 3.55. The molecule has 0 radical (unpaired) electrons. The van der Waals surface area contributed by atoms with Crippen molar-refractivity contribution < 1.29 is 14.0 Å². The zero-order valence-corrected chi connectivity index (χ0v) is 11.8. The fourth-order valence-electron chi connectivity index (χ4n) is 1.64. The van der Waals surface area contributed by atoms with Gasteiger partial charge < -0.3 is 13.6 Å². The van der Waals surface area contributed by atoms with Crippen LogP contribution in [0.5, 0.6) is 0 Å². The molecule has 0 aromatic carbocycles. The average molecular weight is 250 g/mol. The number of rotatable bonds is 4. The Balaban J connectivity index is 2.42. The predicted octanol–water partition coefficient (Wildman–Crippen LogP) is 0.308. The SMILES string of the molecule is CCOC(=O)c1cn2cccc(CO[SiH3])c2n1. The van der Waals surface area contributed by atoms with E-state index in [1.54, 1.807) is 13.1 Å². The molecule has 2 heterocycles. The van der Waals surface area contributed by atoms with E-state index in [-0.39, 0.29) is 0 Å². The van der Waals surface area contributed by atoms with Crippen LogP contribution in [0.25, 0.3) is 5.65 Å². The van der Waals surface area contributed by atoms with Crippen LogP contribution in [-0.4, -0.2) is 32.4 Å². The van der Waals surface area contributed by atoms with E-state index in [0.717, 1.165) is 11.2 Å². The van der Waals surface area contributed by atoms with Crippen molar-refractivity contribution in [3.8, 4) is 0 Å². The van der Waals surface area contributed by atoms with Crippen LogP contribution in [0.15, 0.2) is 24.5 Å². The van der Waals surface area contributed by atoms with Gasteiger partial charge in [0.2, 0.25) is 0 Å². The second kappa shape index (κ2) is 5.11. The van der Waals surface area contributed by atoms with Gasteiger partial charge in [-0.05, 0) is 13.0 Å². The molecule has 0 N–H and O–H groups in total. The number of carbonyl (C=O) groups excluding carboxylic acids is 1. The molecule has 0 amide bonds. The summed E-state index contributed by atoms with van der Waals surface area (Å²) in [5.41, 5.74) is 2.04. The normalized spacial score (nSPS) is 10.9. The topological polar surface area (TPSA) is 52.8 Å². The summed E-state index contributed by atoms with van der Waals surface area (Å²) in [6.07, 6.45) is 3.52. The Morgan fingerprint density at radius 3 is 3.12 bits per heavy atom. The van der Waals surface area contributed by atoms with Crippen molar-refractivity contribution in [2.45, 2.75) is 13.5 Å². The summed E-state index contributed by atoms with van der Waals surface area (Å²) in [6.45, 7) is 2.65. The van der Waals surface area contributed by atoms with Crippen molar-refractivity contribution in [1.29, 1.82) is 0 Å². The van der Waals surface area contributed by atoms with Gasteiger partial charge in [-0.1, -0.05) is 6.07 Å². The van der Waals surface area contributed by atoms with Gasteiger partial charge in [-0.15, -0.1) is 0 Å². The van der Waals surface area contributed by atoms with Gasteiger partial charge in [0.15, 0.2) is 5.69 Å². The van der Waals surface area contributed by atoms with Gasteiger partial charge in [0, 0.05) is 18.0 Å². The smallest absolute Gasteiger partial charge is 0.358 e. The summed E-state index contributed by atoms with van der Waals surface area (Å²) in [5.74, 6) is -0.394. The highest BCUT2D eigenvalue weighted by Crippen LogP contribution is 2.12. The number of ether oxygens (including phenoxy) is 1. The molecular formula is C11H14N2O3Si. The van der Waals surface area contributed by atoms with Gasteiger partial charge in [0.05, 0.1) is 13.2 Å². The number of hydrogen-bond donors (Lipinski definition) is 0. The largest absolute Gasteiger partial charge is 0.461 e. The first kappa shape index (κ1) is 11.8. The predicted molar refractivity (Wildman–Crippen MR) is 65.9 cm³/mol. The second-order valence-corrected chi connectivity index (χ2v) is 4.12. The standard InChI is InChI=1S/C11H14N2O3Si/c1-2-15-11(14)9-6-13-5-3-4-8(7-16-17)10(13)12-9/h3-6H,2,7H2,1,17H3. The van der Waals surface area contributed by atoms with Crippen LogP contribution >= 0.6 is 0 Å². The number of imidazole rings is 1. The molecule has 17 heavy (non-hydrogen) atoms. The van der Waals surface area contributed by atoms with Crippen LogP contribution < -0.4 is 0 Å². The molecule has 0 fully saturated rings. The van der Waals surface area contributed by atoms with E-state index in [9.17, 15) is 4.79 Å². The Morgan fingerprint density at radius 2 is 2.41 bits per heavy atom. The molecule has 6 heteroatoms. The van der Waals surface area contributed by atoms with E-state index >= 15 is 0 Å². The highest BCUT2D eigenvalue weighted by molar-refractivity contribution is 5.98. The molecule has 0 aliphatic carbocycles. The van der Waals surface area contributed by atoms with E-state index in [2.05, 4.69) is 4.98 Å². The number of nitrogens with zero attached hydrogens (tertiary/aromatic N) is 2. The third-order valence-corrected chi connectivity index (χ3v) is 2.64. The van der Waals surface area contributed by atoms with Crippen LogP contribution in [0.3, 0.4) is 0 Å². The lowest BCUT2D eigenvalue weighted by molar-refractivity contribution is 0.0520. The highest BCUT2D eigenvalue weighted by atomic mass is 28.2. The molecule has 0 spiro atoms. The Labute approximate surface area is 102 Å². The van der Waals surface area contributed by atoms with E-state index in [0.29, 0.717) is 29.4 Å². The number of hydrogen-bond acceptors (Lipinski definition) is 4. The summed E-state index contributed by atoms with van der Waals surface area (Å²) in [5, 5.41) is 0. The van der Waals surface area contributed by atoms with Crippen LogP contribution in [0.1, 0.15) is 23.0 Å². The minimum Gasteiger partial charge on any atom is -0.461 e. The third-order valence-electron chi connectivity index (χ3n) is 2.35. The van der Waals surface area contributed by atoms with Gasteiger partial charge in [0.1, 0.15) is 16.1 Å². The van der Waals surface area contributed by atoms with E-state index in [1.807, 2.05) is 22.7 Å². The fourth-order valence-corrected chi connectivity index (χ4v) is 1.95. The molecule has 0 unspecified atom stereocenters. The molecule has 2 rings (SSSR count). The molecule has 0 saturated carbocycles. The Hall–Kier alpha value is -1.66. The number of fused-ring (bicyclic) bond motifs is 1. The lowest BCUT2D eigenvalue weighted by atomic mass is 10.3. The van der Waals surface area contributed by atoms with Crippen molar-refractivity contribution in [2.24, 2.45) is 0 Å². The molecule has 0 atom stereocenters. The summed E-state index contributed by atoms with van der Waals surface area (Å²) in [7, 11) is 0.676. The molecule has 0 saturated heterocycles. The maximum Gasteiger partial charge on any atom is 0.358 e. The van der Waals surface area contributed by atoms with Crippen LogP contribution in [0.4, 0.5) is 0 Å². The molecule has 0 aliphatic heterocycles. The maximum absolute atomic E-state index is 11.6. The van der Waals surface area contributed by atoms with Crippen LogP contribution in [0, 0.1) is 0 Å². The number of pyridine rings is 1. The van der Waals surface area contributed by atoms with Crippen molar-refractivity contribution >= 4 is 22.1 Å². The van der Waals surface area contributed by atoms with Crippen LogP contribution in [0.2, 0.25) is 0 Å². The first-order valence-electron chi connectivity index (χ1n) is 5.39. The highest BCUT2D eigenvalue weighted by Gasteiger charge is 2.13. The van der Waals surface area contributed by atoms with E-state index < -0.39 is 5.97 Å². The van der Waals surface area contributed by atoms with Crippen molar-refractivity contribution in [1.82, 2.24) is 9.38 Å². The lowest BCUT2D eigenvalue weighted by Crippen LogP contribution is -2.04. The van der Waals surface area contributed by atoms with Crippen molar-refractivity contribution in [3.05, 3.63) is 35.8 Å². The molecule has 5 nitrogen and oxygen atoms in total. The van der Waals surface area contributed by atoms with Gasteiger partial charge in [-0.3, -0.25) is 0 Å². The van der Waals surface area contributed by atoms with Crippen LogP contribution in [-0.2, 0) is 15.8 Å². The minimum absolute atomic E-state index is 0.327. The molecule has 0 bridgehead atoms. The molecule has 0 aliphatic rings. The quantitative estimate of drug-likeness (QED) is 0.579. The molecule has 90 valence electrons. The second-order valence-electron chi connectivity index (χ2n) is 3.54. The van der Waals surface area contributed by atoms with Gasteiger partial charge in [0.25, 0.3) is 0 Å². The first-order valence-corrected chi connectivity index (χ1v) is 6.20. The zero-order valence-electron chi connectivity index (χ0n) is 9.84. The average Bonchev–Trinajstić information content (AvgIpc) is 2.75. The third kappa shape index (κ3) is 2.37. The minimum atomic E-state index is -0.394. The van der Waals surface area contributed by atoms with Gasteiger partial charge in [-0.2, -0.15) is 0 Å². The lowest BCUT2D eigenvalue weighted by Gasteiger charge is -2.01.